The summed E-state index contributed by atoms with van der Waals surface area (Å²) in [6.45, 7) is 6.91. The molecule has 3 aromatic carbocycles. The lowest BCUT2D eigenvalue weighted by Gasteiger charge is -2.18. The minimum atomic E-state index is -0.825. The van der Waals surface area contributed by atoms with Crippen LogP contribution in [0.4, 0.5) is 15.8 Å². The van der Waals surface area contributed by atoms with E-state index in [0.29, 0.717) is 22.5 Å². The number of anilines is 2. The summed E-state index contributed by atoms with van der Waals surface area (Å²) in [4.78, 5) is 37.9. The molecule has 3 aromatic rings. The Kier molecular flexibility index (Phi) is 8.53. The molecule has 9 heteroatoms. The van der Waals surface area contributed by atoms with E-state index >= 15 is 4.39 Å². The molecule has 36 heavy (non-hydrogen) atoms. The first-order chi connectivity index (χ1) is 16.9. The van der Waals surface area contributed by atoms with E-state index in [0.717, 1.165) is 4.47 Å². The zero-order valence-electron chi connectivity index (χ0n) is 20.3. The zero-order valence-corrected chi connectivity index (χ0v) is 22.6. The van der Waals surface area contributed by atoms with Crippen LogP contribution in [0.2, 0.25) is 5.02 Å². The molecule has 0 aliphatic heterocycles. The largest absolute Gasteiger partial charge is 0.351 e. The molecule has 0 aromatic heterocycles. The smallest absolute Gasteiger partial charge is 0.260 e. The Labute approximate surface area is 222 Å². The first-order valence-electron chi connectivity index (χ1n) is 11.1. The van der Waals surface area contributed by atoms with Gasteiger partial charge in [0.2, 0.25) is 5.91 Å². The van der Waals surface area contributed by atoms with Crippen molar-refractivity contribution in [1.29, 1.82) is 0 Å². The fourth-order valence-corrected chi connectivity index (χ4v) is 3.75. The lowest BCUT2D eigenvalue weighted by atomic mass is 9.95. The van der Waals surface area contributed by atoms with Gasteiger partial charge in [-0.2, -0.15) is 0 Å². The second kappa shape index (κ2) is 11.2. The van der Waals surface area contributed by atoms with Crippen LogP contribution in [-0.4, -0.2) is 17.7 Å². The van der Waals surface area contributed by atoms with Gasteiger partial charge >= 0.3 is 0 Å². The Balaban J connectivity index is 1.80. The highest BCUT2D eigenvalue weighted by Crippen LogP contribution is 2.25. The summed E-state index contributed by atoms with van der Waals surface area (Å²) < 4.78 is 16.1. The number of nitrogens with one attached hydrogen (secondary N) is 3. The van der Waals surface area contributed by atoms with E-state index in [2.05, 4.69) is 31.9 Å². The van der Waals surface area contributed by atoms with Gasteiger partial charge in [-0.05, 0) is 55.0 Å². The maximum absolute atomic E-state index is 15.2. The molecule has 3 rings (SSSR count). The molecular weight excluding hydrogens is 549 g/mol. The Morgan fingerprint density at radius 1 is 0.917 bits per heavy atom. The average molecular weight is 575 g/mol. The monoisotopic (exact) mass is 573 g/mol. The summed E-state index contributed by atoms with van der Waals surface area (Å²) in [5.74, 6) is -2.21. The van der Waals surface area contributed by atoms with Crippen molar-refractivity contribution in [2.75, 3.05) is 10.6 Å². The van der Waals surface area contributed by atoms with Crippen LogP contribution in [0.25, 0.3) is 0 Å². The number of benzene rings is 3. The van der Waals surface area contributed by atoms with Crippen molar-refractivity contribution in [1.82, 2.24) is 5.32 Å². The highest BCUT2D eigenvalue weighted by atomic mass is 79.9. The predicted octanol–water partition coefficient (Wildman–Crippen LogP) is 6.72. The summed E-state index contributed by atoms with van der Waals surface area (Å²) in [6.07, 6.45) is 0. The standard InChI is InChI=1S/C27H26BrClFN3O3/c1-15-5-9-19(13-20(15)24(34)32-18-10-7-17(28)8-11-18)33-25(35)22-21(29)12-6-16(23(22)30)14-31-26(36)27(2,3)4/h5-13H,14H2,1-4H3,(H,31,36)(H,32,34)(H,33,35). The summed E-state index contributed by atoms with van der Waals surface area (Å²) in [7, 11) is 0. The van der Waals surface area contributed by atoms with Crippen molar-refractivity contribution in [3.8, 4) is 0 Å². The van der Waals surface area contributed by atoms with Crippen LogP contribution in [0.1, 0.15) is 52.6 Å². The van der Waals surface area contributed by atoms with Gasteiger partial charge in [0.1, 0.15) is 5.82 Å². The van der Waals surface area contributed by atoms with Crippen LogP contribution in [0.5, 0.6) is 0 Å². The molecule has 0 aliphatic carbocycles. The molecule has 0 saturated heterocycles. The van der Waals surface area contributed by atoms with Crippen LogP contribution < -0.4 is 16.0 Å². The number of amides is 3. The van der Waals surface area contributed by atoms with E-state index in [1.165, 1.54) is 18.2 Å². The first kappa shape index (κ1) is 27.4. The van der Waals surface area contributed by atoms with E-state index in [9.17, 15) is 14.4 Å². The summed E-state index contributed by atoms with van der Waals surface area (Å²) >= 11 is 9.50. The number of aryl methyl sites for hydroxylation is 1. The Bertz CT molecular complexity index is 1320. The van der Waals surface area contributed by atoms with Crippen molar-refractivity contribution in [2.24, 2.45) is 5.41 Å². The van der Waals surface area contributed by atoms with Crippen LogP contribution in [-0.2, 0) is 11.3 Å². The van der Waals surface area contributed by atoms with E-state index in [-0.39, 0.29) is 34.5 Å². The van der Waals surface area contributed by atoms with Gasteiger partial charge in [0.25, 0.3) is 11.8 Å². The van der Waals surface area contributed by atoms with Gasteiger partial charge in [-0.1, -0.05) is 60.4 Å². The topological polar surface area (TPSA) is 87.3 Å². The van der Waals surface area contributed by atoms with E-state index < -0.39 is 17.1 Å². The van der Waals surface area contributed by atoms with E-state index in [1.54, 1.807) is 64.1 Å². The fraction of sp³-hybridized carbons (Fsp3) is 0.222. The number of rotatable bonds is 6. The number of hydrogen-bond acceptors (Lipinski definition) is 3. The maximum atomic E-state index is 15.2. The fourth-order valence-electron chi connectivity index (χ4n) is 3.25. The molecule has 0 bridgehead atoms. The molecule has 3 amide bonds. The van der Waals surface area contributed by atoms with Crippen molar-refractivity contribution in [3.05, 3.63) is 92.2 Å². The highest BCUT2D eigenvalue weighted by molar-refractivity contribution is 9.10. The van der Waals surface area contributed by atoms with Gasteiger partial charge in [0.15, 0.2) is 0 Å². The average Bonchev–Trinajstić information content (AvgIpc) is 2.80. The van der Waals surface area contributed by atoms with E-state index in [4.69, 9.17) is 11.6 Å². The molecule has 3 N–H and O–H groups in total. The number of hydrogen-bond donors (Lipinski definition) is 3. The first-order valence-corrected chi connectivity index (χ1v) is 12.3. The Morgan fingerprint density at radius 3 is 2.17 bits per heavy atom. The van der Waals surface area contributed by atoms with Crippen molar-refractivity contribution in [2.45, 2.75) is 34.2 Å². The molecule has 0 atom stereocenters. The molecule has 6 nitrogen and oxygen atoms in total. The van der Waals surface area contributed by atoms with E-state index in [1.807, 2.05) is 0 Å². The molecule has 0 fully saturated rings. The van der Waals surface area contributed by atoms with Crippen LogP contribution in [0, 0.1) is 18.2 Å². The van der Waals surface area contributed by atoms with Gasteiger partial charge in [-0.3, -0.25) is 14.4 Å². The molecule has 188 valence electrons. The molecule has 0 saturated carbocycles. The summed E-state index contributed by atoms with van der Waals surface area (Å²) in [5.41, 5.74) is 1.09. The normalized spacial score (nSPS) is 11.1. The van der Waals surface area contributed by atoms with Gasteiger partial charge in [0, 0.05) is 38.9 Å². The third-order valence-corrected chi connectivity index (χ3v) is 6.20. The third kappa shape index (κ3) is 6.71. The minimum Gasteiger partial charge on any atom is -0.351 e. The Morgan fingerprint density at radius 2 is 1.53 bits per heavy atom. The molecule has 0 aliphatic rings. The highest BCUT2D eigenvalue weighted by Gasteiger charge is 2.23. The van der Waals surface area contributed by atoms with Crippen LogP contribution >= 0.6 is 27.5 Å². The molecule has 0 radical (unpaired) electrons. The van der Waals surface area contributed by atoms with Crippen molar-refractivity contribution < 1.29 is 18.8 Å². The quantitative estimate of drug-likeness (QED) is 0.306. The molecule has 0 heterocycles. The second-order valence-corrected chi connectivity index (χ2v) is 10.6. The van der Waals surface area contributed by atoms with Gasteiger partial charge in [-0.25, -0.2) is 4.39 Å². The predicted molar refractivity (Wildman–Crippen MR) is 144 cm³/mol. The molecular formula is C27H26BrClFN3O3. The second-order valence-electron chi connectivity index (χ2n) is 9.27. The lowest BCUT2D eigenvalue weighted by Crippen LogP contribution is -2.34. The maximum Gasteiger partial charge on any atom is 0.260 e. The van der Waals surface area contributed by atoms with Gasteiger partial charge < -0.3 is 16.0 Å². The molecule has 0 spiro atoms. The third-order valence-electron chi connectivity index (χ3n) is 5.36. The van der Waals surface area contributed by atoms with Crippen LogP contribution in [0.15, 0.2) is 59.1 Å². The minimum absolute atomic E-state index is 0.0729. The van der Waals surface area contributed by atoms with Crippen molar-refractivity contribution >= 4 is 56.6 Å². The summed E-state index contributed by atoms with van der Waals surface area (Å²) in [5, 5.41) is 8.01. The van der Waals surface area contributed by atoms with Crippen molar-refractivity contribution in [3.63, 3.8) is 0 Å². The number of halogens is 3. The number of carbonyl (C=O) groups is 3. The Hall–Kier alpha value is -3.23. The summed E-state index contributed by atoms with van der Waals surface area (Å²) in [6, 6.07) is 14.8. The number of carbonyl (C=O) groups excluding carboxylic acids is 3. The lowest BCUT2D eigenvalue weighted by molar-refractivity contribution is -0.128. The van der Waals surface area contributed by atoms with Gasteiger partial charge in [-0.15, -0.1) is 0 Å². The van der Waals surface area contributed by atoms with Crippen LogP contribution in [0.3, 0.4) is 0 Å². The SMILES string of the molecule is Cc1ccc(NC(=O)c2c(Cl)ccc(CNC(=O)C(C)(C)C)c2F)cc1C(=O)Nc1ccc(Br)cc1. The zero-order chi connectivity index (χ0) is 26.6. The van der Waals surface area contributed by atoms with Gasteiger partial charge in [0.05, 0.1) is 10.6 Å². The molecule has 0 unspecified atom stereocenters.